The smallest absolute Gasteiger partial charge is 0.0594 e. The highest BCUT2D eigenvalue weighted by Crippen LogP contribution is 2.25. The summed E-state index contributed by atoms with van der Waals surface area (Å²) >= 11 is 0. The van der Waals surface area contributed by atoms with Gasteiger partial charge in [0.15, 0.2) is 0 Å². The fourth-order valence-electron chi connectivity index (χ4n) is 3.60. The molecular formula is C17H35N3O. The van der Waals surface area contributed by atoms with E-state index in [-0.39, 0.29) is 0 Å². The summed E-state index contributed by atoms with van der Waals surface area (Å²) in [6.07, 6.45) is 3.81. The summed E-state index contributed by atoms with van der Waals surface area (Å²) < 4.78 is 5.48. The number of ether oxygens (including phenoxy) is 1. The third-order valence-corrected chi connectivity index (χ3v) is 5.25. The molecule has 0 aliphatic carbocycles. The maximum Gasteiger partial charge on any atom is 0.0594 e. The van der Waals surface area contributed by atoms with Crippen LogP contribution in [0.25, 0.3) is 0 Å². The fourth-order valence-corrected chi connectivity index (χ4v) is 3.60. The maximum absolute atomic E-state index is 5.48. The summed E-state index contributed by atoms with van der Waals surface area (Å²) in [4.78, 5) is 5.33. The molecule has 21 heavy (non-hydrogen) atoms. The lowest BCUT2D eigenvalue weighted by molar-refractivity contribution is 0.0176. The van der Waals surface area contributed by atoms with Gasteiger partial charge in [0.25, 0.3) is 0 Å². The number of rotatable bonds is 8. The number of morpholine rings is 1. The minimum absolute atomic E-state index is 0.412. The molecule has 0 radical (unpaired) electrons. The Bertz CT molecular complexity index is 294. The van der Waals surface area contributed by atoms with Crippen molar-refractivity contribution in [2.24, 2.45) is 5.41 Å². The van der Waals surface area contributed by atoms with Crippen LogP contribution in [0.2, 0.25) is 0 Å². The molecule has 0 aromatic rings. The number of hydrogen-bond acceptors (Lipinski definition) is 4. The Kier molecular flexibility index (Phi) is 6.93. The molecule has 0 aromatic heterocycles. The SMILES string of the molecule is CCCNCC(C)(CC)CN1CCC(N2CCOCC2)C1. The molecule has 2 rings (SSSR count). The second kappa shape index (κ2) is 8.47. The van der Waals surface area contributed by atoms with Gasteiger partial charge in [0.05, 0.1) is 13.2 Å². The standard InChI is InChI=1S/C17H35N3O/c1-4-7-18-14-17(3,5-2)15-19-8-6-16(13-19)20-9-11-21-12-10-20/h16,18H,4-15H2,1-3H3. The van der Waals surface area contributed by atoms with Gasteiger partial charge in [-0.05, 0) is 37.8 Å². The van der Waals surface area contributed by atoms with E-state index in [1.165, 1.54) is 38.9 Å². The Morgan fingerprint density at radius 1 is 1.19 bits per heavy atom. The van der Waals surface area contributed by atoms with Gasteiger partial charge in [0.2, 0.25) is 0 Å². The van der Waals surface area contributed by atoms with E-state index in [0.717, 1.165) is 45.4 Å². The van der Waals surface area contributed by atoms with Gasteiger partial charge in [0, 0.05) is 38.8 Å². The molecule has 0 saturated carbocycles. The zero-order valence-electron chi connectivity index (χ0n) is 14.4. The van der Waals surface area contributed by atoms with Crippen molar-refractivity contribution in [3.63, 3.8) is 0 Å². The second-order valence-corrected chi connectivity index (χ2v) is 7.17. The highest BCUT2D eigenvalue weighted by Gasteiger charge is 2.32. The highest BCUT2D eigenvalue weighted by molar-refractivity contribution is 4.88. The fraction of sp³-hybridized carbons (Fsp3) is 1.00. The third kappa shape index (κ3) is 5.20. The predicted octanol–water partition coefficient (Wildman–Crippen LogP) is 1.81. The summed E-state index contributed by atoms with van der Waals surface area (Å²) in [7, 11) is 0. The first-order valence-electron chi connectivity index (χ1n) is 8.92. The van der Waals surface area contributed by atoms with Crippen molar-refractivity contribution in [3.8, 4) is 0 Å². The number of nitrogens with zero attached hydrogens (tertiary/aromatic N) is 2. The summed E-state index contributed by atoms with van der Waals surface area (Å²) in [5.41, 5.74) is 0.412. The number of nitrogens with one attached hydrogen (secondary N) is 1. The number of likely N-dealkylation sites (tertiary alicyclic amines) is 1. The Balaban J connectivity index is 1.77. The molecule has 1 N–H and O–H groups in total. The lowest BCUT2D eigenvalue weighted by Crippen LogP contribution is -2.46. The monoisotopic (exact) mass is 297 g/mol. The van der Waals surface area contributed by atoms with Crippen molar-refractivity contribution in [2.75, 3.05) is 59.0 Å². The van der Waals surface area contributed by atoms with Crippen LogP contribution in [0.5, 0.6) is 0 Å². The van der Waals surface area contributed by atoms with Crippen LogP contribution in [0.3, 0.4) is 0 Å². The van der Waals surface area contributed by atoms with Crippen molar-refractivity contribution in [3.05, 3.63) is 0 Å². The van der Waals surface area contributed by atoms with E-state index in [9.17, 15) is 0 Å². The molecule has 0 spiro atoms. The van der Waals surface area contributed by atoms with Crippen LogP contribution in [-0.2, 0) is 4.74 Å². The van der Waals surface area contributed by atoms with E-state index in [0.29, 0.717) is 5.41 Å². The summed E-state index contributed by atoms with van der Waals surface area (Å²) in [5.74, 6) is 0. The lowest BCUT2D eigenvalue weighted by atomic mass is 9.86. The first kappa shape index (κ1) is 17.2. The van der Waals surface area contributed by atoms with Gasteiger partial charge < -0.3 is 15.0 Å². The van der Waals surface area contributed by atoms with Gasteiger partial charge in [-0.2, -0.15) is 0 Å². The Labute approximate surface area is 131 Å². The quantitative estimate of drug-likeness (QED) is 0.692. The Hall–Kier alpha value is -0.160. The minimum Gasteiger partial charge on any atom is -0.379 e. The van der Waals surface area contributed by atoms with Gasteiger partial charge in [-0.15, -0.1) is 0 Å². The largest absolute Gasteiger partial charge is 0.379 e. The van der Waals surface area contributed by atoms with Crippen LogP contribution < -0.4 is 5.32 Å². The summed E-state index contributed by atoms with van der Waals surface area (Å²) in [6, 6.07) is 0.763. The van der Waals surface area contributed by atoms with Gasteiger partial charge in [0.1, 0.15) is 0 Å². The van der Waals surface area contributed by atoms with Crippen LogP contribution in [-0.4, -0.2) is 74.9 Å². The average Bonchev–Trinajstić information content (AvgIpc) is 2.97. The highest BCUT2D eigenvalue weighted by atomic mass is 16.5. The van der Waals surface area contributed by atoms with Crippen LogP contribution in [0.15, 0.2) is 0 Å². The van der Waals surface area contributed by atoms with Crippen molar-refractivity contribution < 1.29 is 4.74 Å². The van der Waals surface area contributed by atoms with E-state index in [4.69, 9.17) is 4.74 Å². The van der Waals surface area contributed by atoms with Crippen LogP contribution in [0.4, 0.5) is 0 Å². The molecule has 124 valence electrons. The molecule has 2 saturated heterocycles. The van der Waals surface area contributed by atoms with Crippen LogP contribution >= 0.6 is 0 Å². The van der Waals surface area contributed by atoms with Crippen LogP contribution in [0.1, 0.15) is 40.0 Å². The predicted molar refractivity (Wildman–Crippen MR) is 88.8 cm³/mol. The minimum atomic E-state index is 0.412. The zero-order chi connectivity index (χ0) is 15.1. The Morgan fingerprint density at radius 3 is 2.62 bits per heavy atom. The number of hydrogen-bond donors (Lipinski definition) is 1. The van der Waals surface area contributed by atoms with E-state index in [1.54, 1.807) is 0 Å². The molecule has 2 aliphatic heterocycles. The molecule has 2 atom stereocenters. The Morgan fingerprint density at radius 2 is 1.95 bits per heavy atom. The van der Waals surface area contributed by atoms with E-state index in [1.807, 2.05) is 0 Å². The van der Waals surface area contributed by atoms with E-state index in [2.05, 4.69) is 35.9 Å². The summed E-state index contributed by atoms with van der Waals surface area (Å²) in [6.45, 7) is 17.2. The van der Waals surface area contributed by atoms with Crippen molar-refractivity contribution >= 4 is 0 Å². The van der Waals surface area contributed by atoms with Crippen LogP contribution in [0, 0.1) is 5.41 Å². The second-order valence-electron chi connectivity index (χ2n) is 7.17. The lowest BCUT2D eigenvalue weighted by Gasteiger charge is -2.35. The maximum atomic E-state index is 5.48. The van der Waals surface area contributed by atoms with E-state index < -0.39 is 0 Å². The van der Waals surface area contributed by atoms with Gasteiger partial charge >= 0.3 is 0 Å². The molecule has 4 heteroatoms. The van der Waals surface area contributed by atoms with E-state index >= 15 is 0 Å². The molecule has 0 amide bonds. The summed E-state index contributed by atoms with van der Waals surface area (Å²) in [5, 5.41) is 3.62. The molecule has 4 nitrogen and oxygen atoms in total. The van der Waals surface area contributed by atoms with Crippen molar-refractivity contribution in [2.45, 2.75) is 46.1 Å². The molecule has 2 heterocycles. The normalized spacial score (nSPS) is 27.9. The molecule has 2 unspecified atom stereocenters. The first-order chi connectivity index (χ1) is 10.2. The van der Waals surface area contributed by atoms with Crippen molar-refractivity contribution in [1.29, 1.82) is 0 Å². The molecule has 2 fully saturated rings. The molecule has 0 aromatic carbocycles. The molecular weight excluding hydrogens is 262 g/mol. The molecule has 0 bridgehead atoms. The molecule has 2 aliphatic rings. The van der Waals surface area contributed by atoms with Gasteiger partial charge in [-0.25, -0.2) is 0 Å². The third-order valence-electron chi connectivity index (χ3n) is 5.25. The zero-order valence-corrected chi connectivity index (χ0v) is 14.4. The van der Waals surface area contributed by atoms with Gasteiger partial charge in [-0.3, -0.25) is 4.90 Å². The topological polar surface area (TPSA) is 27.7 Å². The average molecular weight is 297 g/mol. The van der Waals surface area contributed by atoms with Crippen molar-refractivity contribution in [1.82, 2.24) is 15.1 Å². The van der Waals surface area contributed by atoms with Gasteiger partial charge in [-0.1, -0.05) is 20.8 Å². The first-order valence-corrected chi connectivity index (χ1v) is 8.92.